The predicted octanol–water partition coefficient (Wildman–Crippen LogP) is 3.28. The summed E-state index contributed by atoms with van der Waals surface area (Å²) >= 11 is 7.41. The lowest BCUT2D eigenvalue weighted by atomic mass is 10.2. The maximum absolute atomic E-state index is 8.58. The van der Waals surface area contributed by atoms with Crippen LogP contribution in [-0.2, 0) is 0 Å². The SMILES string of the molecule is CC(CCl)Sc1ccc(C#N)cc1. The number of nitriles is 1. The molecule has 1 unspecified atom stereocenters. The Labute approximate surface area is 87.7 Å². The molecule has 1 nitrogen and oxygen atoms in total. The standard InChI is InChI=1S/C10H10ClNS/c1-8(6-11)13-10-4-2-9(7-12)3-5-10/h2-5,8H,6H2,1H3. The van der Waals surface area contributed by atoms with Crippen molar-refractivity contribution in [3.63, 3.8) is 0 Å². The van der Waals surface area contributed by atoms with Crippen LogP contribution in [-0.4, -0.2) is 11.1 Å². The number of nitrogens with zero attached hydrogens (tertiary/aromatic N) is 1. The Morgan fingerprint density at radius 3 is 2.54 bits per heavy atom. The first kappa shape index (κ1) is 10.4. The van der Waals surface area contributed by atoms with Gasteiger partial charge in [-0.05, 0) is 24.3 Å². The first-order chi connectivity index (χ1) is 6.26. The molecule has 0 N–H and O–H groups in total. The van der Waals surface area contributed by atoms with Gasteiger partial charge in [0, 0.05) is 16.0 Å². The zero-order valence-electron chi connectivity index (χ0n) is 7.33. The third-order valence-electron chi connectivity index (χ3n) is 1.54. The van der Waals surface area contributed by atoms with E-state index in [1.54, 1.807) is 11.8 Å². The number of rotatable bonds is 3. The van der Waals surface area contributed by atoms with Crippen LogP contribution >= 0.6 is 23.4 Å². The van der Waals surface area contributed by atoms with E-state index >= 15 is 0 Å². The molecule has 0 spiro atoms. The second-order valence-corrected chi connectivity index (χ2v) is 4.54. The van der Waals surface area contributed by atoms with Gasteiger partial charge in [-0.1, -0.05) is 6.92 Å². The Hall–Kier alpha value is -0.650. The maximum Gasteiger partial charge on any atom is 0.0991 e. The summed E-state index contributed by atoms with van der Waals surface area (Å²) in [4.78, 5) is 1.16. The fourth-order valence-corrected chi connectivity index (χ4v) is 1.88. The van der Waals surface area contributed by atoms with Gasteiger partial charge in [-0.2, -0.15) is 5.26 Å². The van der Waals surface area contributed by atoms with E-state index in [1.165, 1.54) is 0 Å². The topological polar surface area (TPSA) is 23.8 Å². The molecule has 0 aliphatic carbocycles. The minimum atomic E-state index is 0.412. The van der Waals surface area contributed by atoms with Gasteiger partial charge in [0.05, 0.1) is 11.6 Å². The van der Waals surface area contributed by atoms with Crippen molar-refractivity contribution in [1.82, 2.24) is 0 Å². The molecule has 1 aromatic carbocycles. The van der Waals surface area contributed by atoms with Crippen molar-refractivity contribution in [2.45, 2.75) is 17.1 Å². The first-order valence-electron chi connectivity index (χ1n) is 3.99. The van der Waals surface area contributed by atoms with Gasteiger partial charge in [-0.25, -0.2) is 0 Å². The Bertz CT molecular complexity index is 302. The summed E-state index contributed by atoms with van der Waals surface area (Å²) in [5, 5.41) is 8.99. The molecule has 13 heavy (non-hydrogen) atoms. The van der Waals surface area contributed by atoms with Crippen LogP contribution in [0.1, 0.15) is 12.5 Å². The Balaban J connectivity index is 2.65. The van der Waals surface area contributed by atoms with Crippen LogP contribution in [0.4, 0.5) is 0 Å². The van der Waals surface area contributed by atoms with Crippen LogP contribution in [0.15, 0.2) is 29.2 Å². The van der Waals surface area contributed by atoms with Gasteiger partial charge >= 0.3 is 0 Å². The van der Waals surface area contributed by atoms with Crippen LogP contribution in [0.3, 0.4) is 0 Å². The van der Waals surface area contributed by atoms with E-state index in [9.17, 15) is 0 Å². The molecule has 1 aromatic rings. The van der Waals surface area contributed by atoms with Gasteiger partial charge in [0.15, 0.2) is 0 Å². The predicted molar refractivity (Wildman–Crippen MR) is 57.2 cm³/mol. The zero-order valence-corrected chi connectivity index (χ0v) is 8.90. The Morgan fingerprint density at radius 2 is 2.08 bits per heavy atom. The summed E-state index contributed by atoms with van der Waals surface area (Å²) in [6.07, 6.45) is 0. The number of hydrogen-bond donors (Lipinski definition) is 0. The van der Waals surface area contributed by atoms with Crippen molar-refractivity contribution in [1.29, 1.82) is 5.26 Å². The highest BCUT2D eigenvalue weighted by atomic mass is 35.5. The number of thioether (sulfide) groups is 1. The molecule has 1 rings (SSSR count). The number of alkyl halides is 1. The number of halogens is 1. The maximum atomic E-state index is 8.58. The molecule has 0 radical (unpaired) electrons. The van der Waals surface area contributed by atoms with Crippen molar-refractivity contribution in [3.05, 3.63) is 29.8 Å². The average Bonchev–Trinajstić information content (AvgIpc) is 2.19. The molecule has 0 amide bonds. The first-order valence-corrected chi connectivity index (χ1v) is 5.40. The van der Waals surface area contributed by atoms with E-state index in [2.05, 4.69) is 13.0 Å². The summed E-state index contributed by atoms with van der Waals surface area (Å²) in [7, 11) is 0. The van der Waals surface area contributed by atoms with Crippen LogP contribution in [0, 0.1) is 11.3 Å². The normalized spacial score (nSPS) is 12.1. The second kappa shape index (κ2) is 5.16. The van der Waals surface area contributed by atoms with Gasteiger partial charge in [-0.3, -0.25) is 0 Å². The minimum absolute atomic E-state index is 0.412. The fraction of sp³-hybridized carbons (Fsp3) is 0.300. The molecule has 1 atom stereocenters. The van der Waals surface area contributed by atoms with E-state index in [1.807, 2.05) is 24.3 Å². The molecular formula is C10H10ClNS. The number of hydrogen-bond acceptors (Lipinski definition) is 2. The van der Waals surface area contributed by atoms with E-state index < -0.39 is 0 Å². The monoisotopic (exact) mass is 211 g/mol. The van der Waals surface area contributed by atoms with Gasteiger partial charge in [0.2, 0.25) is 0 Å². The molecule has 0 fully saturated rings. The number of benzene rings is 1. The van der Waals surface area contributed by atoms with Crippen molar-refractivity contribution in [2.24, 2.45) is 0 Å². The lowest BCUT2D eigenvalue weighted by Gasteiger charge is -2.06. The van der Waals surface area contributed by atoms with E-state index in [0.29, 0.717) is 16.7 Å². The lowest BCUT2D eigenvalue weighted by Crippen LogP contribution is -1.95. The molecule has 0 aliphatic rings. The van der Waals surface area contributed by atoms with Gasteiger partial charge in [0.25, 0.3) is 0 Å². The van der Waals surface area contributed by atoms with E-state index in [-0.39, 0.29) is 0 Å². The van der Waals surface area contributed by atoms with Crippen molar-refractivity contribution >= 4 is 23.4 Å². The third-order valence-corrected chi connectivity index (χ3v) is 3.30. The Morgan fingerprint density at radius 1 is 1.46 bits per heavy atom. The molecule has 0 aromatic heterocycles. The molecule has 0 heterocycles. The molecular weight excluding hydrogens is 202 g/mol. The lowest BCUT2D eigenvalue weighted by molar-refractivity contribution is 1.12. The fourth-order valence-electron chi connectivity index (χ4n) is 0.872. The Kier molecular flexibility index (Phi) is 4.14. The highest BCUT2D eigenvalue weighted by molar-refractivity contribution is 8.00. The minimum Gasteiger partial charge on any atom is -0.192 e. The quantitative estimate of drug-likeness (QED) is 0.566. The van der Waals surface area contributed by atoms with Gasteiger partial charge < -0.3 is 0 Å². The smallest absolute Gasteiger partial charge is 0.0991 e. The van der Waals surface area contributed by atoms with Crippen LogP contribution in [0.2, 0.25) is 0 Å². The molecule has 68 valence electrons. The summed E-state index contributed by atoms with van der Waals surface area (Å²) in [6, 6.07) is 9.63. The zero-order chi connectivity index (χ0) is 9.68. The molecule has 0 saturated carbocycles. The van der Waals surface area contributed by atoms with E-state index in [0.717, 1.165) is 4.90 Å². The van der Waals surface area contributed by atoms with Crippen LogP contribution in [0.25, 0.3) is 0 Å². The highest BCUT2D eigenvalue weighted by Crippen LogP contribution is 2.23. The van der Waals surface area contributed by atoms with E-state index in [4.69, 9.17) is 16.9 Å². The third kappa shape index (κ3) is 3.30. The van der Waals surface area contributed by atoms with Crippen LogP contribution < -0.4 is 0 Å². The highest BCUT2D eigenvalue weighted by Gasteiger charge is 2.01. The summed E-state index contributed by atoms with van der Waals surface area (Å²) in [5.74, 6) is 0.644. The summed E-state index contributed by atoms with van der Waals surface area (Å²) < 4.78 is 0. The summed E-state index contributed by atoms with van der Waals surface area (Å²) in [6.45, 7) is 2.08. The van der Waals surface area contributed by atoms with Gasteiger partial charge in [-0.15, -0.1) is 23.4 Å². The molecule has 0 aliphatic heterocycles. The largest absolute Gasteiger partial charge is 0.192 e. The van der Waals surface area contributed by atoms with Crippen LogP contribution in [0.5, 0.6) is 0 Å². The van der Waals surface area contributed by atoms with Gasteiger partial charge in [0.1, 0.15) is 0 Å². The second-order valence-electron chi connectivity index (χ2n) is 2.72. The van der Waals surface area contributed by atoms with Crippen molar-refractivity contribution < 1.29 is 0 Å². The molecule has 0 bridgehead atoms. The van der Waals surface area contributed by atoms with Crippen molar-refractivity contribution in [2.75, 3.05) is 5.88 Å². The summed E-state index contributed by atoms with van der Waals surface area (Å²) in [5.41, 5.74) is 0.697. The van der Waals surface area contributed by atoms with Crippen molar-refractivity contribution in [3.8, 4) is 6.07 Å². The average molecular weight is 212 g/mol. The molecule has 0 saturated heterocycles. The molecule has 3 heteroatoms.